The summed E-state index contributed by atoms with van der Waals surface area (Å²) in [5, 5.41) is 4.10. The molecule has 0 amide bonds. The highest BCUT2D eigenvalue weighted by atomic mass is 16.3. The third kappa shape index (κ3) is 7.49. The van der Waals surface area contributed by atoms with Gasteiger partial charge in [0.05, 0.1) is 11.0 Å². The van der Waals surface area contributed by atoms with Crippen molar-refractivity contribution >= 4 is 43.7 Å². The van der Waals surface area contributed by atoms with Gasteiger partial charge in [0.1, 0.15) is 34.5 Å². The number of aromatic nitrogens is 11. The van der Waals surface area contributed by atoms with Gasteiger partial charge in [-0.25, -0.2) is 44.9 Å². The first-order chi connectivity index (χ1) is 35.3. The molecule has 0 bridgehead atoms. The molecule has 342 valence electrons. The molecule has 0 saturated carbocycles. The van der Waals surface area contributed by atoms with E-state index in [1.165, 1.54) is 0 Å². The number of rotatable bonds is 8. The number of aryl methyl sites for hydroxylation is 4. The van der Waals surface area contributed by atoms with Crippen LogP contribution >= 0.6 is 0 Å². The molecular formula is C60H41N11O. The minimum atomic E-state index is 0.533. The minimum absolute atomic E-state index is 0.533. The van der Waals surface area contributed by atoms with Gasteiger partial charge < -0.3 is 8.98 Å². The molecule has 6 heterocycles. The van der Waals surface area contributed by atoms with Gasteiger partial charge in [-0.1, -0.05) is 84.9 Å². The maximum atomic E-state index is 6.28. The maximum absolute atomic E-state index is 6.28. The number of nitrogens with zero attached hydrogens (tertiary/aromatic N) is 11. The summed E-state index contributed by atoms with van der Waals surface area (Å²) in [5.41, 5.74) is 12.7. The Bertz CT molecular complexity index is 4070. The predicted molar refractivity (Wildman–Crippen MR) is 283 cm³/mol. The van der Waals surface area contributed by atoms with Gasteiger partial charge in [-0.3, -0.25) is 4.98 Å². The number of fused-ring (bicyclic) bond motifs is 6. The quantitative estimate of drug-likeness (QED) is 0.143. The summed E-state index contributed by atoms with van der Waals surface area (Å²) < 4.78 is 8.59. The predicted octanol–water partition coefficient (Wildman–Crippen LogP) is 13.5. The maximum Gasteiger partial charge on any atom is 0.164 e. The van der Waals surface area contributed by atoms with Crippen molar-refractivity contribution in [2.45, 2.75) is 27.7 Å². The lowest BCUT2D eigenvalue weighted by molar-refractivity contribution is 0.669. The molecule has 0 aliphatic heterocycles. The number of hydrogen-bond donors (Lipinski definition) is 0. The third-order valence-corrected chi connectivity index (χ3v) is 13.0. The molecule has 0 atom stereocenters. The number of pyridine rings is 1. The van der Waals surface area contributed by atoms with Gasteiger partial charge in [0.2, 0.25) is 0 Å². The van der Waals surface area contributed by atoms with Crippen molar-refractivity contribution in [2.75, 3.05) is 0 Å². The molecular weight excluding hydrogens is 891 g/mol. The van der Waals surface area contributed by atoms with Crippen LogP contribution in [0.25, 0.3) is 129 Å². The number of hydrogen-bond acceptors (Lipinski definition) is 11. The Hall–Kier alpha value is -9.68. The van der Waals surface area contributed by atoms with Gasteiger partial charge in [0.15, 0.2) is 29.1 Å². The van der Waals surface area contributed by atoms with Crippen LogP contribution in [-0.2, 0) is 0 Å². The molecule has 0 N–H and O–H groups in total. The van der Waals surface area contributed by atoms with E-state index in [-0.39, 0.29) is 0 Å². The fourth-order valence-electron chi connectivity index (χ4n) is 9.84. The van der Waals surface area contributed by atoms with Gasteiger partial charge >= 0.3 is 0 Å². The molecule has 13 aromatic rings. The second-order valence-corrected chi connectivity index (χ2v) is 17.8. The van der Waals surface area contributed by atoms with E-state index >= 15 is 0 Å². The van der Waals surface area contributed by atoms with Crippen LogP contribution in [0.15, 0.2) is 181 Å². The lowest BCUT2D eigenvalue weighted by Crippen LogP contribution is -2.02. The van der Waals surface area contributed by atoms with E-state index in [4.69, 9.17) is 44.3 Å². The summed E-state index contributed by atoms with van der Waals surface area (Å²) >= 11 is 0. The number of furan rings is 1. The average Bonchev–Trinajstić information content (AvgIpc) is 3.95. The van der Waals surface area contributed by atoms with E-state index < -0.39 is 0 Å². The van der Waals surface area contributed by atoms with Gasteiger partial charge in [-0.05, 0) is 123 Å². The van der Waals surface area contributed by atoms with E-state index in [9.17, 15) is 0 Å². The summed E-state index contributed by atoms with van der Waals surface area (Å²) in [4.78, 5) is 48.2. The van der Waals surface area contributed by atoms with Gasteiger partial charge in [0, 0.05) is 73.0 Å². The first-order valence-electron chi connectivity index (χ1n) is 23.6. The molecule has 12 nitrogen and oxygen atoms in total. The molecule has 13 rings (SSSR count). The highest BCUT2D eigenvalue weighted by Gasteiger charge is 2.23. The second-order valence-electron chi connectivity index (χ2n) is 17.8. The molecule has 0 unspecified atom stereocenters. The van der Waals surface area contributed by atoms with Crippen molar-refractivity contribution < 1.29 is 4.42 Å². The van der Waals surface area contributed by atoms with Gasteiger partial charge in [-0.15, -0.1) is 0 Å². The fraction of sp³-hybridized carbons (Fsp3) is 0.0667. The summed E-state index contributed by atoms with van der Waals surface area (Å²) in [6, 6.07) is 56.0. The Balaban J connectivity index is 1.08. The highest BCUT2D eigenvalue weighted by molar-refractivity contribution is 6.12. The van der Waals surface area contributed by atoms with Crippen LogP contribution in [-0.4, -0.2) is 54.4 Å². The van der Waals surface area contributed by atoms with Crippen LogP contribution in [0.1, 0.15) is 23.3 Å². The lowest BCUT2D eigenvalue weighted by atomic mass is 9.92. The van der Waals surface area contributed by atoms with Crippen LogP contribution in [0.2, 0.25) is 0 Å². The molecule has 12 heteroatoms. The van der Waals surface area contributed by atoms with Crippen LogP contribution in [0.4, 0.5) is 0 Å². The van der Waals surface area contributed by atoms with E-state index in [1.54, 1.807) is 0 Å². The van der Waals surface area contributed by atoms with Gasteiger partial charge in [0.25, 0.3) is 0 Å². The zero-order valence-electron chi connectivity index (χ0n) is 39.6. The smallest absolute Gasteiger partial charge is 0.164 e. The zero-order chi connectivity index (χ0) is 48.5. The molecule has 0 fully saturated rings. The van der Waals surface area contributed by atoms with Crippen LogP contribution < -0.4 is 0 Å². The SMILES string of the molecule is Cc1nc(C)nc(-c2ccc3c(c2)c2cc(-c4nc(C)nc(C)n4)ccc2n3-c2ccc(-c3nc(-c4ccccc4)nc(-c4ccccc4)n3)c(-c3ccncc3-c3ccc4oc5ccccc5c4c3)c2)n1. The molecule has 6 aromatic heterocycles. The number of benzene rings is 7. The summed E-state index contributed by atoms with van der Waals surface area (Å²) in [7, 11) is 0. The van der Waals surface area contributed by atoms with Crippen LogP contribution in [0.3, 0.4) is 0 Å². The fourth-order valence-corrected chi connectivity index (χ4v) is 9.84. The van der Waals surface area contributed by atoms with Crippen molar-refractivity contribution in [1.82, 2.24) is 54.4 Å². The third-order valence-electron chi connectivity index (χ3n) is 13.0. The van der Waals surface area contributed by atoms with Crippen molar-refractivity contribution in [3.63, 3.8) is 0 Å². The number of para-hydroxylation sites is 1. The highest BCUT2D eigenvalue weighted by Crippen LogP contribution is 2.43. The second kappa shape index (κ2) is 17.1. The van der Waals surface area contributed by atoms with Crippen molar-refractivity contribution in [2.24, 2.45) is 0 Å². The molecule has 72 heavy (non-hydrogen) atoms. The first-order valence-corrected chi connectivity index (χ1v) is 23.6. The van der Waals surface area contributed by atoms with Crippen molar-refractivity contribution in [1.29, 1.82) is 0 Å². The minimum Gasteiger partial charge on any atom is -0.456 e. The topological polar surface area (TPSA) is 147 Å². The molecule has 0 spiro atoms. The van der Waals surface area contributed by atoms with Crippen molar-refractivity contribution in [3.8, 4) is 84.9 Å². The average molecular weight is 932 g/mol. The lowest BCUT2D eigenvalue weighted by Gasteiger charge is -2.17. The van der Waals surface area contributed by atoms with Crippen LogP contribution in [0, 0.1) is 27.7 Å². The van der Waals surface area contributed by atoms with Crippen LogP contribution in [0.5, 0.6) is 0 Å². The molecule has 0 aliphatic carbocycles. The zero-order valence-corrected chi connectivity index (χ0v) is 39.6. The largest absolute Gasteiger partial charge is 0.456 e. The first kappa shape index (κ1) is 42.4. The summed E-state index contributed by atoms with van der Waals surface area (Å²) in [5.74, 6) is 5.55. The summed E-state index contributed by atoms with van der Waals surface area (Å²) in [6.07, 6.45) is 3.78. The van der Waals surface area contributed by atoms with E-state index in [0.29, 0.717) is 52.4 Å². The van der Waals surface area contributed by atoms with E-state index in [2.05, 4.69) is 93.4 Å². The summed E-state index contributed by atoms with van der Waals surface area (Å²) in [6.45, 7) is 7.57. The standard InChI is InChI=1S/C60H41N11O/c1-34-62-35(2)65-58(64-34)41-19-24-52-48(30-41)49-31-42(59-66-36(3)63-37(4)67-59)20-25-53(49)71(52)43-22-23-46(60-69-56(38-13-7-5-8-14-38)68-57(70-60)39-15-9-6-10-16-39)47(32-43)44-27-28-61-33-51(44)40-21-26-55-50(29-40)45-17-11-12-18-54(45)72-55/h5-33H,1-4H3. The van der Waals surface area contributed by atoms with Crippen molar-refractivity contribution in [3.05, 3.63) is 199 Å². The van der Waals surface area contributed by atoms with Gasteiger partial charge in [-0.2, -0.15) is 0 Å². The normalized spacial score (nSPS) is 11.6. The Morgan fingerprint density at radius 3 is 1.46 bits per heavy atom. The molecule has 0 radical (unpaired) electrons. The molecule has 7 aromatic carbocycles. The van der Waals surface area contributed by atoms with E-state index in [0.717, 1.165) is 99.5 Å². The molecule has 0 saturated heterocycles. The Morgan fingerprint density at radius 2 is 0.847 bits per heavy atom. The molecule has 0 aliphatic rings. The van der Waals surface area contributed by atoms with E-state index in [1.807, 2.05) is 125 Å². The Morgan fingerprint density at radius 1 is 0.333 bits per heavy atom. The Labute approximate surface area is 412 Å². The monoisotopic (exact) mass is 931 g/mol. The Kier molecular flexibility index (Phi) is 10.1.